The van der Waals surface area contributed by atoms with Gasteiger partial charge in [-0.1, -0.05) is 6.07 Å². The Balaban J connectivity index is 2.30. The first-order valence-corrected chi connectivity index (χ1v) is 5.13. The molecule has 2 aromatic heterocycles. The van der Waals surface area contributed by atoms with Gasteiger partial charge in [0, 0.05) is 25.1 Å². The predicted octanol–water partition coefficient (Wildman–Crippen LogP) is 1.30. The molecular formula is C12H13N3O2. The Morgan fingerprint density at radius 3 is 3.06 bits per heavy atom. The number of methoxy groups -OCH3 is 1. The first kappa shape index (κ1) is 11.2. The summed E-state index contributed by atoms with van der Waals surface area (Å²) < 4.78 is 6.45. The number of esters is 1. The maximum absolute atomic E-state index is 11.5. The summed E-state index contributed by atoms with van der Waals surface area (Å²) in [6.45, 7) is 0.537. The molecular weight excluding hydrogens is 218 g/mol. The molecule has 0 aliphatic carbocycles. The van der Waals surface area contributed by atoms with Gasteiger partial charge in [0.1, 0.15) is 5.69 Å². The average molecular weight is 231 g/mol. The zero-order valence-corrected chi connectivity index (χ0v) is 9.46. The number of nitrogen functional groups attached to an aromatic ring is 1. The van der Waals surface area contributed by atoms with Crippen LogP contribution in [-0.2, 0) is 11.3 Å². The topological polar surface area (TPSA) is 70.1 Å². The van der Waals surface area contributed by atoms with Crippen LogP contribution in [0.5, 0.6) is 0 Å². The molecule has 0 radical (unpaired) electrons. The fourth-order valence-electron chi connectivity index (χ4n) is 1.63. The molecule has 0 unspecified atom stereocenters. The second kappa shape index (κ2) is 4.69. The number of nitrogens with two attached hydrogens (primary N) is 1. The lowest BCUT2D eigenvalue weighted by Crippen LogP contribution is -2.10. The summed E-state index contributed by atoms with van der Waals surface area (Å²) >= 11 is 0. The molecule has 0 aliphatic rings. The Hall–Kier alpha value is -2.30. The maximum Gasteiger partial charge on any atom is 0.354 e. The van der Waals surface area contributed by atoms with Crippen molar-refractivity contribution in [3.05, 3.63) is 48.0 Å². The zero-order valence-electron chi connectivity index (χ0n) is 9.46. The van der Waals surface area contributed by atoms with Crippen molar-refractivity contribution in [1.29, 1.82) is 0 Å². The molecule has 0 saturated heterocycles. The number of carbonyl (C=O) groups is 1. The zero-order chi connectivity index (χ0) is 12.3. The van der Waals surface area contributed by atoms with E-state index >= 15 is 0 Å². The lowest BCUT2D eigenvalue weighted by Gasteiger charge is -2.06. The summed E-state index contributed by atoms with van der Waals surface area (Å²) in [7, 11) is 1.35. The van der Waals surface area contributed by atoms with E-state index in [4.69, 9.17) is 10.5 Å². The molecule has 2 rings (SSSR count). The van der Waals surface area contributed by atoms with Crippen molar-refractivity contribution in [2.45, 2.75) is 6.54 Å². The van der Waals surface area contributed by atoms with Gasteiger partial charge in [0.05, 0.1) is 12.8 Å². The minimum absolute atomic E-state index is 0.398. The quantitative estimate of drug-likeness (QED) is 0.808. The van der Waals surface area contributed by atoms with Gasteiger partial charge in [-0.25, -0.2) is 4.79 Å². The number of rotatable bonds is 3. The van der Waals surface area contributed by atoms with Gasteiger partial charge in [-0.15, -0.1) is 0 Å². The number of pyridine rings is 1. The van der Waals surface area contributed by atoms with Gasteiger partial charge in [0.25, 0.3) is 0 Å². The minimum atomic E-state index is -0.398. The Morgan fingerprint density at radius 1 is 1.59 bits per heavy atom. The lowest BCUT2D eigenvalue weighted by molar-refractivity contribution is 0.0589. The van der Waals surface area contributed by atoms with Crippen LogP contribution in [0.1, 0.15) is 16.1 Å². The van der Waals surface area contributed by atoms with Crippen LogP contribution in [0, 0.1) is 0 Å². The number of hydrogen-bond donors (Lipinski definition) is 1. The van der Waals surface area contributed by atoms with Gasteiger partial charge in [0.15, 0.2) is 0 Å². The van der Waals surface area contributed by atoms with Crippen molar-refractivity contribution in [3.8, 4) is 0 Å². The second-order valence-electron chi connectivity index (χ2n) is 3.64. The number of ether oxygens (including phenoxy) is 1. The summed E-state index contributed by atoms with van der Waals surface area (Å²) in [5.41, 5.74) is 7.65. The molecule has 2 aromatic rings. The monoisotopic (exact) mass is 231 g/mol. The van der Waals surface area contributed by atoms with Crippen molar-refractivity contribution in [2.24, 2.45) is 0 Å². The van der Waals surface area contributed by atoms with Gasteiger partial charge in [-0.3, -0.25) is 4.98 Å². The van der Waals surface area contributed by atoms with E-state index in [9.17, 15) is 4.79 Å². The van der Waals surface area contributed by atoms with Crippen molar-refractivity contribution in [1.82, 2.24) is 9.55 Å². The van der Waals surface area contributed by atoms with Crippen LogP contribution in [0.2, 0.25) is 0 Å². The van der Waals surface area contributed by atoms with E-state index in [1.165, 1.54) is 7.11 Å². The molecule has 0 bridgehead atoms. The van der Waals surface area contributed by atoms with E-state index in [2.05, 4.69) is 4.98 Å². The van der Waals surface area contributed by atoms with Crippen molar-refractivity contribution < 1.29 is 9.53 Å². The lowest BCUT2D eigenvalue weighted by atomic mass is 10.3. The van der Waals surface area contributed by atoms with E-state index in [0.29, 0.717) is 17.9 Å². The first-order chi connectivity index (χ1) is 8.20. The molecule has 5 heteroatoms. The van der Waals surface area contributed by atoms with Crippen molar-refractivity contribution in [2.75, 3.05) is 12.8 Å². The Morgan fingerprint density at radius 2 is 2.41 bits per heavy atom. The largest absolute Gasteiger partial charge is 0.464 e. The Labute approximate surface area is 98.8 Å². The number of aromatic nitrogens is 2. The van der Waals surface area contributed by atoms with Crippen LogP contribution in [-0.4, -0.2) is 22.6 Å². The molecule has 2 N–H and O–H groups in total. The first-order valence-electron chi connectivity index (χ1n) is 5.13. The van der Waals surface area contributed by atoms with Crippen LogP contribution in [0.25, 0.3) is 0 Å². The molecule has 0 fully saturated rings. The van der Waals surface area contributed by atoms with Crippen LogP contribution >= 0.6 is 0 Å². The molecule has 0 saturated carbocycles. The SMILES string of the molecule is COC(=O)c1cc(N)cn1Cc1cccnc1. The van der Waals surface area contributed by atoms with E-state index < -0.39 is 5.97 Å². The third-order valence-corrected chi connectivity index (χ3v) is 2.39. The fourth-order valence-corrected chi connectivity index (χ4v) is 1.63. The highest BCUT2D eigenvalue weighted by Gasteiger charge is 2.13. The van der Waals surface area contributed by atoms with Crippen LogP contribution in [0.15, 0.2) is 36.8 Å². The van der Waals surface area contributed by atoms with E-state index in [1.807, 2.05) is 12.1 Å². The van der Waals surface area contributed by atoms with Crippen LogP contribution in [0.3, 0.4) is 0 Å². The summed E-state index contributed by atoms with van der Waals surface area (Å²) in [5, 5.41) is 0. The maximum atomic E-state index is 11.5. The highest BCUT2D eigenvalue weighted by molar-refractivity contribution is 5.89. The highest BCUT2D eigenvalue weighted by Crippen LogP contribution is 2.13. The smallest absolute Gasteiger partial charge is 0.354 e. The summed E-state index contributed by atoms with van der Waals surface area (Å²) in [6, 6.07) is 5.38. The van der Waals surface area contributed by atoms with Gasteiger partial charge in [0.2, 0.25) is 0 Å². The fraction of sp³-hybridized carbons (Fsp3) is 0.167. The van der Waals surface area contributed by atoms with Gasteiger partial charge in [-0.2, -0.15) is 0 Å². The third-order valence-electron chi connectivity index (χ3n) is 2.39. The highest BCUT2D eigenvalue weighted by atomic mass is 16.5. The molecule has 5 nitrogen and oxygen atoms in total. The molecule has 88 valence electrons. The van der Waals surface area contributed by atoms with E-state index in [1.54, 1.807) is 29.2 Å². The van der Waals surface area contributed by atoms with Crippen LogP contribution in [0.4, 0.5) is 5.69 Å². The van der Waals surface area contributed by atoms with E-state index in [0.717, 1.165) is 5.56 Å². The number of carbonyl (C=O) groups excluding carboxylic acids is 1. The molecule has 2 heterocycles. The number of nitrogens with zero attached hydrogens (tertiary/aromatic N) is 2. The Bertz CT molecular complexity index is 520. The Kier molecular flexibility index (Phi) is 3.09. The molecule has 0 spiro atoms. The number of hydrogen-bond acceptors (Lipinski definition) is 4. The number of anilines is 1. The molecule has 0 atom stereocenters. The normalized spacial score (nSPS) is 10.2. The predicted molar refractivity (Wildman–Crippen MR) is 63.5 cm³/mol. The standard InChI is InChI=1S/C12H13N3O2/c1-17-12(16)11-5-10(13)8-15(11)7-9-3-2-4-14-6-9/h2-6,8H,7,13H2,1H3. The molecule has 0 aliphatic heterocycles. The third kappa shape index (κ3) is 2.44. The van der Waals surface area contributed by atoms with Gasteiger partial charge in [-0.05, 0) is 17.7 Å². The van der Waals surface area contributed by atoms with Crippen LogP contribution < -0.4 is 5.73 Å². The van der Waals surface area contributed by atoms with E-state index in [-0.39, 0.29) is 0 Å². The van der Waals surface area contributed by atoms with Crippen molar-refractivity contribution in [3.63, 3.8) is 0 Å². The summed E-state index contributed by atoms with van der Waals surface area (Å²) in [4.78, 5) is 15.5. The van der Waals surface area contributed by atoms with Gasteiger partial charge < -0.3 is 15.0 Å². The summed E-state index contributed by atoms with van der Waals surface area (Å²) in [5.74, 6) is -0.398. The average Bonchev–Trinajstić information content (AvgIpc) is 2.70. The second-order valence-corrected chi connectivity index (χ2v) is 3.64. The van der Waals surface area contributed by atoms with Crippen molar-refractivity contribution >= 4 is 11.7 Å². The molecule has 17 heavy (non-hydrogen) atoms. The van der Waals surface area contributed by atoms with Gasteiger partial charge >= 0.3 is 5.97 Å². The summed E-state index contributed by atoms with van der Waals surface area (Å²) in [6.07, 6.45) is 5.16. The molecule has 0 amide bonds. The molecule has 0 aromatic carbocycles. The minimum Gasteiger partial charge on any atom is -0.464 e.